The van der Waals surface area contributed by atoms with Crippen molar-refractivity contribution < 1.29 is 19.4 Å². The first kappa shape index (κ1) is 17.8. The Kier molecular flexibility index (Phi) is 6.48. The molecule has 0 bridgehead atoms. The third-order valence-corrected chi connectivity index (χ3v) is 4.05. The van der Waals surface area contributed by atoms with Crippen molar-refractivity contribution in [3.8, 4) is 11.5 Å². The number of rotatable bonds is 7. The van der Waals surface area contributed by atoms with E-state index in [0.29, 0.717) is 16.6 Å². The maximum Gasteiger partial charge on any atom is 0.303 e. The predicted octanol–water partition coefficient (Wildman–Crippen LogP) is 3.45. The molecular formula is C15H22BrNO4. The van der Waals surface area contributed by atoms with E-state index in [4.69, 9.17) is 20.3 Å². The fourth-order valence-corrected chi connectivity index (χ4v) is 2.99. The van der Waals surface area contributed by atoms with E-state index < -0.39 is 12.0 Å². The number of ether oxygens (including phenoxy) is 2. The first-order valence-corrected chi connectivity index (χ1v) is 7.54. The number of methoxy groups -OCH3 is 2. The molecule has 0 aliphatic carbocycles. The van der Waals surface area contributed by atoms with E-state index >= 15 is 0 Å². The highest BCUT2D eigenvalue weighted by Crippen LogP contribution is 2.44. The van der Waals surface area contributed by atoms with Gasteiger partial charge >= 0.3 is 5.97 Å². The molecule has 6 heteroatoms. The molecule has 0 radical (unpaired) electrons. The van der Waals surface area contributed by atoms with Crippen LogP contribution in [0.4, 0.5) is 0 Å². The maximum atomic E-state index is 10.7. The molecule has 118 valence electrons. The molecule has 5 nitrogen and oxygen atoms in total. The Hall–Kier alpha value is -1.27. The summed E-state index contributed by atoms with van der Waals surface area (Å²) in [5, 5.41) is 8.80. The zero-order valence-electron chi connectivity index (χ0n) is 12.8. The van der Waals surface area contributed by atoms with E-state index in [1.807, 2.05) is 6.07 Å². The number of carboxylic acid groups (broad SMARTS) is 1. The van der Waals surface area contributed by atoms with E-state index in [-0.39, 0.29) is 12.3 Å². The summed E-state index contributed by atoms with van der Waals surface area (Å²) in [5.41, 5.74) is 7.94. The Balaban J connectivity index is 3.33. The lowest BCUT2D eigenvalue weighted by Gasteiger charge is -2.22. The number of carbonyl (C=O) groups is 1. The Morgan fingerprint density at radius 2 is 1.81 bits per heavy atom. The molecule has 3 N–H and O–H groups in total. The van der Waals surface area contributed by atoms with Crippen molar-refractivity contribution in [2.45, 2.75) is 38.6 Å². The standard InChI is InChI=1S/C15H22BrNO4/c1-8(2)9-7-10(11(17)5-6-12(18)19)15(21-4)13(16)14(9)20-3/h7-8,11H,5-6,17H2,1-4H3,(H,18,19). The third kappa shape index (κ3) is 4.11. The van der Waals surface area contributed by atoms with E-state index in [1.165, 1.54) is 0 Å². The average molecular weight is 360 g/mol. The number of benzene rings is 1. The minimum absolute atomic E-state index is 0.0188. The molecule has 0 spiro atoms. The van der Waals surface area contributed by atoms with Crippen LogP contribution in [-0.4, -0.2) is 25.3 Å². The Morgan fingerprint density at radius 1 is 1.29 bits per heavy atom. The van der Waals surface area contributed by atoms with Crippen LogP contribution in [0.3, 0.4) is 0 Å². The highest BCUT2D eigenvalue weighted by molar-refractivity contribution is 9.10. The molecule has 1 rings (SSSR count). The van der Waals surface area contributed by atoms with E-state index in [9.17, 15) is 4.79 Å². The predicted molar refractivity (Wildman–Crippen MR) is 85.1 cm³/mol. The lowest BCUT2D eigenvalue weighted by molar-refractivity contribution is -0.137. The number of carboxylic acids is 1. The summed E-state index contributed by atoms with van der Waals surface area (Å²) in [6, 6.07) is 1.54. The SMILES string of the molecule is COc1c(C(C)C)cc(C(N)CCC(=O)O)c(OC)c1Br. The molecule has 0 aliphatic heterocycles. The van der Waals surface area contributed by atoms with Gasteiger partial charge in [0, 0.05) is 18.0 Å². The van der Waals surface area contributed by atoms with Crippen LogP contribution in [0.15, 0.2) is 10.5 Å². The van der Waals surface area contributed by atoms with Crippen molar-refractivity contribution in [1.29, 1.82) is 0 Å². The van der Waals surface area contributed by atoms with Gasteiger partial charge < -0.3 is 20.3 Å². The third-order valence-electron chi connectivity index (χ3n) is 3.33. The largest absolute Gasteiger partial charge is 0.495 e. The lowest BCUT2D eigenvalue weighted by Crippen LogP contribution is -2.15. The number of hydrogen-bond acceptors (Lipinski definition) is 4. The van der Waals surface area contributed by atoms with Crippen LogP contribution >= 0.6 is 15.9 Å². The number of hydrogen-bond donors (Lipinski definition) is 2. The topological polar surface area (TPSA) is 81.8 Å². The zero-order chi connectivity index (χ0) is 16.2. The van der Waals surface area contributed by atoms with Crippen molar-refractivity contribution >= 4 is 21.9 Å². The molecule has 1 aromatic carbocycles. The van der Waals surface area contributed by atoms with Crippen molar-refractivity contribution in [1.82, 2.24) is 0 Å². The Labute approximate surface area is 133 Å². The van der Waals surface area contributed by atoms with Crippen molar-refractivity contribution in [3.63, 3.8) is 0 Å². The number of aliphatic carboxylic acids is 1. The Bertz CT molecular complexity index is 517. The molecule has 21 heavy (non-hydrogen) atoms. The minimum Gasteiger partial charge on any atom is -0.495 e. The van der Waals surface area contributed by atoms with Crippen LogP contribution in [0.25, 0.3) is 0 Å². The molecular weight excluding hydrogens is 338 g/mol. The average Bonchev–Trinajstić information content (AvgIpc) is 2.43. The summed E-state index contributed by atoms with van der Waals surface area (Å²) < 4.78 is 11.6. The van der Waals surface area contributed by atoms with E-state index in [2.05, 4.69) is 29.8 Å². The molecule has 0 aromatic heterocycles. The lowest BCUT2D eigenvalue weighted by atomic mass is 9.94. The molecule has 0 saturated heterocycles. The second kappa shape index (κ2) is 7.66. The highest BCUT2D eigenvalue weighted by Gasteiger charge is 2.23. The summed E-state index contributed by atoms with van der Waals surface area (Å²) in [5.74, 6) is 0.693. The summed E-state index contributed by atoms with van der Waals surface area (Å²) in [4.78, 5) is 10.7. The van der Waals surface area contributed by atoms with Gasteiger partial charge in [-0.3, -0.25) is 4.79 Å². The van der Waals surface area contributed by atoms with Crippen molar-refractivity contribution in [2.24, 2.45) is 5.73 Å². The van der Waals surface area contributed by atoms with Gasteiger partial charge in [-0.15, -0.1) is 0 Å². The molecule has 1 unspecified atom stereocenters. The second-order valence-corrected chi connectivity index (χ2v) is 5.92. The van der Waals surface area contributed by atoms with Gasteiger partial charge in [-0.05, 0) is 39.9 Å². The van der Waals surface area contributed by atoms with Gasteiger partial charge in [-0.2, -0.15) is 0 Å². The van der Waals surface area contributed by atoms with Gasteiger partial charge in [-0.1, -0.05) is 13.8 Å². The van der Waals surface area contributed by atoms with Crippen molar-refractivity contribution in [2.75, 3.05) is 14.2 Å². The highest BCUT2D eigenvalue weighted by atomic mass is 79.9. The van der Waals surface area contributed by atoms with Crippen molar-refractivity contribution in [3.05, 3.63) is 21.7 Å². The van der Waals surface area contributed by atoms with Gasteiger partial charge in [0.2, 0.25) is 0 Å². The van der Waals surface area contributed by atoms with Gasteiger partial charge in [-0.25, -0.2) is 0 Å². The van der Waals surface area contributed by atoms with Gasteiger partial charge in [0.1, 0.15) is 16.0 Å². The summed E-state index contributed by atoms with van der Waals surface area (Å²) in [6.45, 7) is 4.12. The maximum absolute atomic E-state index is 10.7. The van der Waals surface area contributed by atoms with Crippen LogP contribution in [-0.2, 0) is 4.79 Å². The van der Waals surface area contributed by atoms with Crippen LogP contribution in [0.1, 0.15) is 49.8 Å². The molecule has 0 aliphatic rings. The van der Waals surface area contributed by atoms with Crippen LogP contribution in [0.2, 0.25) is 0 Å². The molecule has 0 heterocycles. The normalized spacial score (nSPS) is 12.3. The minimum atomic E-state index is -0.860. The molecule has 0 amide bonds. The first-order chi connectivity index (χ1) is 9.83. The van der Waals surface area contributed by atoms with Crippen LogP contribution < -0.4 is 15.2 Å². The van der Waals surface area contributed by atoms with Gasteiger partial charge in [0.25, 0.3) is 0 Å². The molecule has 0 saturated carbocycles. The summed E-state index contributed by atoms with van der Waals surface area (Å²) in [6.07, 6.45) is 0.368. The van der Waals surface area contributed by atoms with Crippen LogP contribution in [0.5, 0.6) is 11.5 Å². The smallest absolute Gasteiger partial charge is 0.303 e. The first-order valence-electron chi connectivity index (χ1n) is 6.75. The zero-order valence-corrected chi connectivity index (χ0v) is 14.4. The van der Waals surface area contributed by atoms with Gasteiger partial charge in [0.15, 0.2) is 0 Å². The fraction of sp³-hybridized carbons (Fsp3) is 0.533. The summed E-state index contributed by atoms with van der Waals surface area (Å²) >= 11 is 3.50. The quantitative estimate of drug-likeness (QED) is 0.778. The second-order valence-electron chi connectivity index (χ2n) is 5.13. The Morgan fingerprint density at radius 3 is 2.24 bits per heavy atom. The van der Waals surface area contributed by atoms with E-state index in [0.717, 1.165) is 16.9 Å². The molecule has 0 fully saturated rings. The number of nitrogens with two attached hydrogens (primary N) is 1. The molecule has 1 atom stereocenters. The number of halogens is 1. The fourth-order valence-electron chi connectivity index (χ4n) is 2.21. The summed E-state index contributed by atoms with van der Waals surface area (Å²) in [7, 11) is 3.16. The van der Waals surface area contributed by atoms with Crippen LogP contribution in [0, 0.1) is 0 Å². The molecule has 1 aromatic rings. The van der Waals surface area contributed by atoms with Gasteiger partial charge in [0.05, 0.1) is 14.2 Å². The monoisotopic (exact) mass is 359 g/mol. The van der Waals surface area contributed by atoms with E-state index in [1.54, 1.807) is 14.2 Å².